The minimum absolute atomic E-state index is 0.822. The molecule has 0 fully saturated rings. The molecule has 0 radical (unpaired) electrons. The predicted octanol–water partition coefficient (Wildman–Crippen LogP) is 1.27. The van der Waals surface area contributed by atoms with E-state index in [1.807, 2.05) is 12.1 Å². The summed E-state index contributed by atoms with van der Waals surface area (Å²) in [6, 6.07) is 8.36. The van der Waals surface area contributed by atoms with Gasteiger partial charge in [0.1, 0.15) is 0 Å². The van der Waals surface area contributed by atoms with Gasteiger partial charge in [-0.2, -0.15) is 0 Å². The van der Waals surface area contributed by atoms with Gasteiger partial charge in [0.2, 0.25) is 0 Å². The van der Waals surface area contributed by atoms with Gasteiger partial charge in [-0.05, 0) is 0 Å². The molecule has 0 saturated heterocycles. The van der Waals surface area contributed by atoms with Crippen molar-refractivity contribution in [3.63, 3.8) is 0 Å². The first-order valence-electron chi connectivity index (χ1n) is 3.81. The van der Waals surface area contributed by atoms with Gasteiger partial charge in [0.05, 0.1) is 0 Å². The SMILES string of the molecule is CCCOc1cc[c]([Tl])cc1. The molecule has 0 aliphatic rings. The molecule has 0 aromatic heterocycles. The molecule has 56 valence electrons. The van der Waals surface area contributed by atoms with Crippen molar-refractivity contribution in [1.82, 2.24) is 0 Å². The second-order valence-corrected chi connectivity index (χ2v) is 5.01. The molecule has 0 aliphatic heterocycles. The first-order chi connectivity index (χ1) is 5.33. The van der Waals surface area contributed by atoms with Crippen LogP contribution in [0.1, 0.15) is 13.3 Å². The third-order valence-electron chi connectivity index (χ3n) is 1.35. The van der Waals surface area contributed by atoms with Gasteiger partial charge < -0.3 is 0 Å². The Morgan fingerprint density at radius 1 is 1.27 bits per heavy atom. The van der Waals surface area contributed by atoms with Crippen LogP contribution in [-0.4, -0.2) is 32.4 Å². The van der Waals surface area contributed by atoms with E-state index in [4.69, 9.17) is 4.74 Å². The summed E-state index contributed by atoms with van der Waals surface area (Å²) in [6.45, 7) is 2.94. The molecule has 0 bridgehead atoms. The van der Waals surface area contributed by atoms with E-state index in [9.17, 15) is 0 Å². The topological polar surface area (TPSA) is 9.23 Å². The van der Waals surface area contributed by atoms with Crippen molar-refractivity contribution in [2.75, 3.05) is 6.61 Å². The Bertz CT molecular complexity index is 205. The zero-order chi connectivity index (χ0) is 8.10. The molecule has 1 aromatic rings. The maximum atomic E-state index is 5.43. The molecule has 0 aliphatic carbocycles. The number of hydrogen-bond donors (Lipinski definition) is 0. The summed E-state index contributed by atoms with van der Waals surface area (Å²) in [5.74, 6) is 0.997. The quantitative estimate of drug-likeness (QED) is 0.754. The molecule has 11 heavy (non-hydrogen) atoms. The van der Waals surface area contributed by atoms with Gasteiger partial charge in [-0.15, -0.1) is 0 Å². The first kappa shape index (κ1) is 9.03. The fourth-order valence-electron chi connectivity index (χ4n) is 0.784. The van der Waals surface area contributed by atoms with Crippen LogP contribution < -0.4 is 7.86 Å². The normalized spacial score (nSPS) is 9.45. The van der Waals surface area contributed by atoms with E-state index >= 15 is 0 Å². The summed E-state index contributed by atoms with van der Waals surface area (Å²) < 4.78 is 6.87. The minimum atomic E-state index is 0.822. The van der Waals surface area contributed by atoms with Crippen molar-refractivity contribution < 1.29 is 4.74 Å². The van der Waals surface area contributed by atoms with Gasteiger partial charge in [-0.1, -0.05) is 0 Å². The van der Waals surface area contributed by atoms with Crippen molar-refractivity contribution in [2.24, 2.45) is 0 Å². The fraction of sp³-hybridized carbons (Fsp3) is 0.333. The molecule has 0 saturated carbocycles. The van der Waals surface area contributed by atoms with Gasteiger partial charge in [0.15, 0.2) is 0 Å². The average molecular weight is 340 g/mol. The Morgan fingerprint density at radius 3 is 2.45 bits per heavy atom. The second kappa shape index (κ2) is 4.75. The van der Waals surface area contributed by atoms with E-state index in [-0.39, 0.29) is 0 Å². The van der Waals surface area contributed by atoms with Crippen LogP contribution in [0.3, 0.4) is 0 Å². The van der Waals surface area contributed by atoms with Gasteiger partial charge >= 0.3 is 83.6 Å². The molecule has 1 rings (SSSR count). The number of ether oxygens (including phenoxy) is 1. The molecule has 0 unspecified atom stereocenters. The summed E-state index contributed by atoms with van der Waals surface area (Å²) >= 11 is 0.931. The Kier molecular flexibility index (Phi) is 3.90. The van der Waals surface area contributed by atoms with Crippen LogP contribution in [0.2, 0.25) is 0 Å². The van der Waals surface area contributed by atoms with Gasteiger partial charge in [-0.3, -0.25) is 0 Å². The summed E-state index contributed by atoms with van der Waals surface area (Å²) in [7, 11) is 0. The van der Waals surface area contributed by atoms with Crippen molar-refractivity contribution in [2.45, 2.75) is 13.3 Å². The van der Waals surface area contributed by atoms with E-state index in [1.165, 1.54) is 3.12 Å². The zero-order valence-electron chi connectivity index (χ0n) is 6.71. The summed E-state index contributed by atoms with van der Waals surface area (Å²) in [5, 5.41) is 0. The molecular weight excluding hydrogens is 328 g/mol. The zero-order valence-corrected chi connectivity index (χ0v) is 11.2. The third-order valence-corrected chi connectivity index (χ3v) is 2.85. The Labute approximate surface area is 83.4 Å². The molecule has 2 heteroatoms. The standard InChI is InChI=1S/C9H11O.Tl/c1-2-8-10-9-6-4-3-5-7-9;/h4-7H,2,8H2,1H3;. The molecule has 0 amide bonds. The number of hydrogen-bond acceptors (Lipinski definition) is 1. The van der Waals surface area contributed by atoms with Crippen LogP contribution in [0.15, 0.2) is 24.3 Å². The van der Waals surface area contributed by atoms with Gasteiger partial charge in [-0.25, -0.2) is 0 Å². The Balaban J connectivity index is 2.52. The fourth-order valence-corrected chi connectivity index (χ4v) is 1.53. The molecule has 1 nitrogen and oxygen atoms in total. The van der Waals surface area contributed by atoms with Crippen molar-refractivity contribution in [3.05, 3.63) is 24.3 Å². The second-order valence-electron chi connectivity index (χ2n) is 2.42. The van der Waals surface area contributed by atoms with E-state index < -0.39 is 0 Å². The van der Waals surface area contributed by atoms with E-state index in [1.54, 1.807) is 0 Å². The van der Waals surface area contributed by atoms with Crippen LogP contribution in [0, 0.1) is 0 Å². The van der Waals surface area contributed by atoms with Gasteiger partial charge in [0.25, 0.3) is 0 Å². The van der Waals surface area contributed by atoms with E-state index in [0.717, 1.165) is 44.5 Å². The Hall–Kier alpha value is -0.0579. The summed E-state index contributed by atoms with van der Waals surface area (Å²) in [5.41, 5.74) is 0. The van der Waals surface area contributed by atoms with Crippen molar-refractivity contribution in [3.8, 4) is 5.75 Å². The number of benzene rings is 1. The van der Waals surface area contributed by atoms with Crippen LogP contribution in [-0.2, 0) is 0 Å². The van der Waals surface area contributed by atoms with Crippen molar-refractivity contribution in [1.29, 1.82) is 0 Å². The summed E-state index contributed by atoms with van der Waals surface area (Å²) in [4.78, 5) is 0. The van der Waals surface area contributed by atoms with Crippen molar-refractivity contribution >= 4 is 28.9 Å². The van der Waals surface area contributed by atoms with E-state index in [2.05, 4.69) is 19.1 Å². The molecule has 1 aromatic carbocycles. The predicted molar refractivity (Wildman–Crippen MR) is 47.6 cm³/mol. The Morgan fingerprint density at radius 2 is 1.91 bits per heavy atom. The van der Waals surface area contributed by atoms with Crippen LogP contribution in [0.5, 0.6) is 5.75 Å². The van der Waals surface area contributed by atoms with Gasteiger partial charge in [0, 0.05) is 0 Å². The average Bonchev–Trinajstić information content (AvgIpc) is 2.04. The molecule has 0 heterocycles. The van der Waals surface area contributed by atoms with Crippen LogP contribution in [0.25, 0.3) is 0 Å². The van der Waals surface area contributed by atoms with E-state index in [0.29, 0.717) is 0 Å². The maximum absolute atomic E-state index is 5.43. The number of rotatable bonds is 3. The monoisotopic (exact) mass is 340 g/mol. The van der Waals surface area contributed by atoms with Crippen LogP contribution in [0.4, 0.5) is 0 Å². The molecular formula is C9H11OTl. The first-order valence-corrected chi connectivity index (χ1v) is 6.05. The summed E-state index contributed by atoms with van der Waals surface area (Å²) in [6.07, 6.45) is 1.07. The van der Waals surface area contributed by atoms with Crippen LogP contribution >= 0.6 is 0 Å². The molecule has 0 spiro atoms. The molecule has 0 N–H and O–H groups in total. The molecule has 0 atom stereocenters. The third kappa shape index (κ3) is 3.23.